The van der Waals surface area contributed by atoms with E-state index < -0.39 is 22.8 Å². The van der Waals surface area contributed by atoms with Crippen molar-refractivity contribution < 1.29 is 15.3 Å². The summed E-state index contributed by atoms with van der Waals surface area (Å²) in [7, 11) is 0. The van der Waals surface area contributed by atoms with E-state index in [2.05, 4.69) is 4.98 Å². The Morgan fingerprint density at radius 3 is 2.71 bits per heavy atom. The SMILES string of the molecule is Nc1ccn(C2[Se][C@H](CO)[C@@H](O)[C@@H]2O)c(=O)n1. The molecule has 0 radical (unpaired) electrons. The Morgan fingerprint density at radius 2 is 2.18 bits per heavy atom. The summed E-state index contributed by atoms with van der Waals surface area (Å²) in [5.74, 6) is 0.116. The van der Waals surface area contributed by atoms with Crippen LogP contribution in [0.3, 0.4) is 0 Å². The monoisotopic (exact) mass is 307 g/mol. The van der Waals surface area contributed by atoms with Crippen LogP contribution in [0.2, 0.25) is 4.82 Å². The van der Waals surface area contributed by atoms with Crippen LogP contribution >= 0.6 is 0 Å². The summed E-state index contributed by atoms with van der Waals surface area (Å²) in [6.45, 7) is -0.203. The van der Waals surface area contributed by atoms with E-state index in [1.54, 1.807) is 0 Å². The van der Waals surface area contributed by atoms with Gasteiger partial charge in [0, 0.05) is 0 Å². The van der Waals surface area contributed by atoms with Crippen molar-refractivity contribution in [1.29, 1.82) is 0 Å². The standard InChI is InChI=1S/C9H13N3O4Se/c10-5-1-2-12(9(16)11-5)8-7(15)6(14)4(3-13)17-8/h1-2,4,6-8,13-15H,3H2,(H2,10,11,16)/t4-,6-,7+,8?/m1/s1. The van der Waals surface area contributed by atoms with Gasteiger partial charge in [0.1, 0.15) is 0 Å². The van der Waals surface area contributed by atoms with E-state index in [1.165, 1.54) is 16.8 Å². The topological polar surface area (TPSA) is 122 Å². The summed E-state index contributed by atoms with van der Waals surface area (Å²) in [6.07, 6.45) is -0.614. The number of rotatable bonds is 2. The van der Waals surface area contributed by atoms with Gasteiger partial charge in [-0.2, -0.15) is 0 Å². The summed E-state index contributed by atoms with van der Waals surface area (Å²) in [5.41, 5.74) is 4.82. The van der Waals surface area contributed by atoms with Crippen molar-refractivity contribution in [3.63, 3.8) is 0 Å². The Bertz CT molecular complexity index is 466. The van der Waals surface area contributed by atoms with Crippen LogP contribution in [0.15, 0.2) is 17.1 Å². The normalized spacial score (nSPS) is 32.9. The molecule has 1 unspecified atom stereocenters. The minimum absolute atomic E-state index is 0.116. The van der Waals surface area contributed by atoms with Gasteiger partial charge < -0.3 is 0 Å². The second-order valence-electron chi connectivity index (χ2n) is 3.77. The van der Waals surface area contributed by atoms with E-state index >= 15 is 0 Å². The number of aliphatic hydroxyl groups is 3. The number of hydrogen-bond donors (Lipinski definition) is 4. The number of nitrogens with zero attached hydrogens (tertiary/aromatic N) is 2. The molecule has 0 saturated carbocycles. The van der Waals surface area contributed by atoms with Crippen LogP contribution in [-0.2, 0) is 0 Å². The van der Waals surface area contributed by atoms with Crippen LogP contribution in [0.1, 0.15) is 4.94 Å². The number of nitrogen functional groups attached to an aromatic ring is 1. The first-order valence-corrected chi connectivity index (χ1v) is 6.99. The molecule has 0 spiro atoms. The van der Waals surface area contributed by atoms with Gasteiger partial charge in [-0.15, -0.1) is 0 Å². The Kier molecular flexibility index (Phi) is 3.50. The van der Waals surface area contributed by atoms with Gasteiger partial charge in [0.2, 0.25) is 0 Å². The molecule has 1 saturated heterocycles. The minimum atomic E-state index is -1.06. The average Bonchev–Trinajstić information content (AvgIpc) is 2.57. The van der Waals surface area contributed by atoms with Crippen LogP contribution in [0, 0.1) is 0 Å². The van der Waals surface area contributed by atoms with Gasteiger partial charge in [0.15, 0.2) is 0 Å². The van der Waals surface area contributed by atoms with Gasteiger partial charge in [-0.25, -0.2) is 0 Å². The summed E-state index contributed by atoms with van der Waals surface area (Å²) < 4.78 is 1.26. The molecule has 2 rings (SSSR count). The molecule has 4 atom stereocenters. The predicted octanol–water partition coefficient (Wildman–Crippen LogP) is -2.46. The van der Waals surface area contributed by atoms with Crippen LogP contribution in [0.25, 0.3) is 0 Å². The second-order valence-corrected chi connectivity index (χ2v) is 6.63. The molecule has 1 fully saturated rings. The third-order valence-corrected chi connectivity index (χ3v) is 5.92. The van der Waals surface area contributed by atoms with Crippen LogP contribution < -0.4 is 11.4 Å². The molecule has 5 N–H and O–H groups in total. The van der Waals surface area contributed by atoms with Crippen molar-refractivity contribution in [2.24, 2.45) is 0 Å². The Morgan fingerprint density at radius 1 is 1.47 bits per heavy atom. The van der Waals surface area contributed by atoms with E-state index in [0.29, 0.717) is 0 Å². The zero-order valence-electron chi connectivity index (χ0n) is 8.80. The third-order valence-electron chi connectivity index (χ3n) is 2.64. The van der Waals surface area contributed by atoms with Gasteiger partial charge in [0.25, 0.3) is 0 Å². The molecule has 94 valence electrons. The maximum absolute atomic E-state index is 11.6. The predicted molar refractivity (Wildman–Crippen MR) is 60.5 cm³/mol. The van der Waals surface area contributed by atoms with Crippen LogP contribution in [0.5, 0.6) is 0 Å². The van der Waals surface area contributed by atoms with E-state index in [9.17, 15) is 15.0 Å². The summed E-state index contributed by atoms with van der Waals surface area (Å²) in [6, 6.07) is 1.46. The molecule has 1 aromatic heterocycles. The Balaban J connectivity index is 2.32. The van der Waals surface area contributed by atoms with Crippen molar-refractivity contribution in [1.82, 2.24) is 9.55 Å². The van der Waals surface area contributed by atoms with Gasteiger partial charge in [-0.1, -0.05) is 0 Å². The van der Waals surface area contributed by atoms with Crippen molar-refractivity contribution in [2.45, 2.75) is 22.0 Å². The molecule has 7 nitrogen and oxygen atoms in total. The van der Waals surface area contributed by atoms with Gasteiger partial charge in [0.05, 0.1) is 0 Å². The van der Waals surface area contributed by atoms with Crippen LogP contribution in [-0.4, -0.2) is 58.6 Å². The van der Waals surface area contributed by atoms with Crippen molar-refractivity contribution in [3.8, 4) is 0 Å². The molecule has 1 aliphatic rings. The molecule has 2 heterocycles. The quantitative estimate of drug-likeness (QED) is 0.450. The fraction of sp³-hybridized carbons (Fsp3) is 0.556. The Labute approximate surface area is 103 Å². The zero-order valence-corrected chi connectivity index (χ0v) is 10.5. The molecule has 0 aromatic carbocycles. The number of hydrogen-bond acceptors (Lipinski definition) is 6. The first-order chi connectivity index (χ1) is 8.04. The Hall–Kier alpha value is -0.921. The van der Waals surface area contributed by atoms with Gasteiger partial charge in [-0.05, 0) is 0 Å². The number of aliphatic hydroxyl groups excluding tert-OH is 3. The van der Waals surface area contributed by atoms with Crippen molar-refractivity contribution in [3.05, 3.63) is 22.7 Å². The zero-order chi connectivity index (χ0) is 12.6. The first kappa shape index (κ1) is 12.5. The fourth-order valence-corrected chi connectivity index (χ4v) is 4.62. The average molecular weight is 306 g/mol. The molecule has 1 aliphatic heterocycles. The van der Waals surface area contributed by atoms with Crippen molar-refractivity contribution >= 4 is 20.8 Å². The second kappa shape index (κ2) is 4.75. The number of aromatic nitrogens is 2. The molecular weight excluding hydrogens is 293 g/mol. The molecule has 0 amide bonds. The molecule has 17 heavy (non-hydrogen) atoms. The summed E-state index contributed by atoms with van der Waals surface area (Å²) in [5, 5.41) is 28.6. The number of nitrogens with two attached hydrogens (primary N) is 1. The third kappa shape index (κ3) is 2.22. The summed E-state index contributed by atoms with van der Waals surface area (Å²) in [4.78, 5) is 14.3. The molecule has 0 aliphatic carbocycles. The molecular formula is C9H13N3O4Se. The maximum atomic E-state index is 11.6. The summed E-state index contributed by atoms with van der Waals surface area (Å²) >= 11 is -0.283. The van der Waals surface area contributed by atoms with E-state index in [0.717, 1.165) is 0 Å². The van der Waals surface area contributed by atoms with Crippen LogP contribution in [0.4, 0.5) is 5.82 Å². The molecule has 1 aromatic rings. The molecule has 8 heteroatoms. The van der Waals surface area contributed by atoms with E-state index in [4.69, 9.17) is 10.8 Å². The van der Waals surface area contributed by atoms with E-state index in [1.807, 2.05) is 0 Å². The van der Waals surface area contributed by atoms with Gasteiger partial charge in [-0.3, -0.25) is 0 Å². The first-order valence-electron chi connectivity index (χ1n) is 5.01. The van der Waals surface area contributed by atoms with E-state index in [-0.39, 0.29) is 32.2 Å². The van der Waals surface area contributed by atoms with Gasteiger partial charge >= 0.3 is 103 Å². The number of anilines is 1. The van der Waals surface area contributed by atoms with Crippen molar-refractivity contribution in [2.75, 3.05) is 12.3 Å². The fourth-order valence-electron chi connectivity index (χ4n) is 1.73. The molecule has 0 bridgehead atoms.